The molecule has 0 heterocycles. The summed E-state index contributed by atoms with van der Waals surface area (Å²) in [6.07, 6.45) is 2.08. The van der Waals surface area contributed by atoms with Crippen LogP contribution >= 0.6 is 12.4 Å². The third kappa shape index (κ3) is 4.69. The Kier molecular flexibility index (Phi) is 2.92. The van der Waals surface area contributed by atoms with Crippen molar-refractivity contribution in [3.63, 3.8) is 0 Å². The number of rotatable bonds is 2. The first-order valence-electron chi connectivity index (χ1n) is 2.58. The summed E-state index contributed by atoms with van der Waals surface area (Å²) in [4.78, 5) is 0. The molecule has 0 radical (unpaired) electrons. The molecule has 1 aliphatic rings. The first kappa shape index (κ1) is 9.20. The summed E-state index contributed by atoms with van der Waals surface area (Å²) in [7, 11) is -3.16. The van der Waals surface area contributed by atoms with Gasteiger partial charge in [0, 0.05) is 0 Å². The van der Waals surface area contributed by atoms with Gasteiger partial charge in [0.15, 0.2) is 0 Å². The van der Waals surface area contributed by atoms with E-state index < -0.39 is 10.0 Å². The van der Waals surface area contributed by atoms with Gasteiger partial charge >= 0.3 is 0 Å². The number of sulfonamides is 1. The van der Waals surface area contributed by atoms with Gasteiger partial charge < -0.3 is 0 Å². The average Bonchev–Trinajstić information content (AvgIpc) is 2.12. The zero-order valence-corrected chi connectivity index (χ0v) is 6.54. The molecule has 1 rings (SSSR count). The molecule has 0 atom stereocenters. The van der Waals surface area contributed by atoms with E-state index in [1.54, 1.807) is 0 Å². The fraction of sp³-hybridized carbons (Fsp3) is 1.00. The lowest BCUT2D eigenvalue weighted by atomic mass is 10.5. The van der Waals surface area contributed by atoms with E-state index in [2.05, 4.69) is 0 Å². The molecule has 1 fully saturated rings. The van der Waals surface area contributed by atoms with Crippen LogP contribution in [0.4, 0.5) is 0 Å². The highest BCUT2D eigenvalue weighted by Crippen LogP contribution is 2.29. The van der Waals surface area contributed by atoms with Crippen molar-refractivity contribution in [2.75, 3.05) is 5.75 Å². The monoisotopic (exact) mass is 171 g/mol. The van der Waals surface area contributed by atoms with Crippen LogP contribution in [0.25, 0.3) is 0 Å². The fourth-order valence-electron chi connectivity index (χ4n) is 0.613. The van der Waals surface area contributed by atoms with Gasteiger partial charge in [-0.25, -0.2) is 13.6 Å². The SMILES string of the molecule is Cl.NS(=O)(=O)CC1CC1. The zero-order valence-electron chi connectivity index (χ0n) is 4.91. The van der Waals surface area contributed by atoms with Gasteiger partial charge in [0.25, 0.3) is 0 Å². The predicted molar refractivity (Wildman–Crippen MR) is 37.9 cm³/mol. The maximum Gasteiger partial charge on any atom is 0.209 e. The van der Waals surface area contributed by atoms with Crippen molar-refractivity contribution in [2.24, 2.45) is 11.1 Å². The summed E-state index contributed by atoms with van der Waals surface area (Å²) < 4.78 is 20.5. The zero-order chi connectivity index (χ0) is 6.20. The summed E-state index contributed by atoms with van der Waals surface area (Å²) in [5.41, 5.74) is 0. The Morgan fingerprint density at radius 2 is 1.89 bits per heavy atom. The number of hydrogen-bond donors (Lipinski definition) is 1. The van der Waals surface area contributed by atoms with Crippen LogP contribution in [0, 0.1) is 5.92 Å². The smallest absolute Gasteiger partial charge is 0.209 e. The molecule has 0 spiro atoms. The molecule has 0 unspecified atom stereocenters. The van der Waals surface area contributed by atoms with Crippen molar-refractivity contribution in [1.29, 1.82) is 0 Å². The Bertz CT molecular complexity index is 173. The van der Waals surface area contributed by atoms with E-state index in [1.807, 2.05) is 0 Å². The standard InChI is InChI=1S/C4H9NO2S.ClH/c5-8(6,7)3-4-1-2-4;/h4H,1-3H2,(H2,5,6,7);1H. The first-order chi connectivity index (χ1) is 3.58. The Hall–Kier alpha value is 0.200. The van der Waals surface area contributed by atoms with E-state index >= 15 is 0 Å². The van der Waals surface area contributed by atoms with Crippen LogP contribution in [0.2, 0.25) is 0 Å². The van der Waals surface area contributed by atoms with Crippen LogP contribution < -0.4 is 5.14 Å². The Balaban J connectivity index is 0.000000640. The van der Waals surface area contributed by atoms with E-state index in [1.165, 1.54) is 0 Å². The third-order valence-corrected chi connectivity index (χ3v) is 2.10. The summed E-state index contributed by atoms with van der Waals surface area (Å²) in [6, 6.07) is 0. The summed E-state index contributed by atoms with van der Waals surface area (Å²) >= 11 is 0. The van der Waals surface area contributed by atoms with E-state index in [9.17, 15) is 8.42 Å². The number of hydrogen-bond acceptors (Lipinski definition) is 2. The summed E-state index contributed by atoms with van der Waals surface area (Å²) in [5.74, 6) is 0.567. The van der Waals surface area contributed by atoms with E-state index in [-0.39, 0.29) is 18.2 Å². The second-order valence-corrected chi connectivity index (χ2v) is 3.93. The average molecular weight is 172 g/mol. The van der Waals surface area contributed by atoms with Gasteiger partial charge in [-0.1, -0.05) is 0 Å². The first-order valence-corrected chi connectivity index (χ1v) is 4.30. The van der Waals surface area contributed by atoms with E-state index in [4.69, 9.17) is 5.14 Å². The largest absolute Gasteiger partial charge is 0.229 e. The van der Waals surface area contributed by atoms with Crippen molar-refractivity contribution in [3.05, 3.63) is 0 Å². The fourth-order valence-corrected chi connectivity index (χ4v) is 1.60. The van der Waals surface area contributed by atoms with Crippen molar-refractivity contribution in [3.8, 4) is 0 Å². The van der Waals surface area contributed by atoms with Crippen molar-refractivity contribution >= 4 is 22.4 Å². The van der Waals surface area contributed by atoms with Gasteiger partial charge in [0.05, 0.1) is 5.75 Å². The second kappa shape index (κ2) is 2.86. The molecule has 5 heteroatoms. The number of halogens is 1. The van der Waals surface area contributed by atoms with Gasteiger partial charge in [0.1, 0.15) is 0 Å². The molecule has 56 valence electrons. The lowest BCUT2D eigenvalue weighted by molar-refractivity contribution is 0.594. The van der Waals surface area contributed by atoms with Crippen LogP contribution in [-0.4, -0.2) is 14.2 Å². The molecule has 3 nitrogen and oxygen atoms in total. The third-order valence-electron chi connectivity index (χ3n) is 1.16. The molecule has 0 saturated heterocycles. The van der Waals surface area contributed by atoms with Gasteiger partial charge in [0.2, 0.25) is 10.0 Å². The molecule has 1 aliphatic carbocycles. The Morgan fingerprint density at radius 1 is 1.44 bits per heavy atom. The normalized spacial score (nSPS) is 18.8. The Morgan fingerprint density at radius 3 is 2.00 bits per heavy atom. The van der Waals surface area contributed by atoms with Crippen molar-refractivity contribution in [1.82, 2.24) is 0 Å². The highest BCUT2D eigenvalue weighted by atomic mass is 35.5. The summed E-state index contributed by atoms with van der Waals surface area (Å²) in [5, 5.41) is 4.75. The van der Waals surface area contributed by atoms with Crippen LogP contribution in [0.5, 0.6) is 0 Å². The number of primary sulfonamides is 1. The van der Waals surface area contributed by atoms with Crippen LogP contribution in [0.3, 0.4) is 0 Å². The molecule has 0 amide bonds. The van der Waals surface area contributed by atoms with E-state index in [0.29, 0.717) is 5.92 Å². The second-order valence-electron chi connectivity index (χ2n) is 2.27. The van der Waals surface area contributed by atoms with Crippen LogP contribution in [0.1, 0.15) is 12.8 Å². The molecule has 0 aromatic heterocycles. The van der Waals surface area contributed by atoms with Crippen molar-refractivity contribution < 1.29 is 8.42 Å². The molecule has 0 aliphatic heterocycles. The van der Waals surface area contributed by atoms with Crippen molar-refractivity contribution in [2.45, 2.75) is 12.8 Å². The minimum absolute atomic E-state index is 0. The van der Waals surface area contributed by atoms with Crippen LogP contribution in [0.15, 0.2) is 0 Å². The molecule has 9 heavy (non-hydrogen) atoms. The topological polar surface area (TPSA) is 60.2 Å². The Labute approximate surface area is 61.1 Å². The molecule has 0 aromatic rings. The highest BCUT2D eigenvalue weighted by molar-refractivity contribution is 7.89. The van der Waals surface area contributed by atoms with E-state index in [0.717, 1.165) is 12.8 Å². The lowest BCUT2D eigenvalue weighted by Gasteiger charge is -1.89. The molecular weight excluding hydrogens is 162 g/mol. The molecule has 0 aromatic carbocycles. The number of nitrogens with two attached hydrogens (primary N) is 1. The quantitative estimate of drug-likeness (QED) is 0.641. The van der Waals surface area contributed by atoms with Gasteiger partial charge in [-0.05, 0) is 18.8 Å². The lowest BCUT2D eigenvalue weighted by Crippen LogP contribution is -2.17. The minimum atomic E-state index is -3.16. The molecule has 1 saturated carbocycles. The molecule has 2 N–H and O–H groups in total. The predicted octanol–water partition coefficient (Wildman–Crippen LogP) is 0.107. The van der Waals surface area contributed by atoms with Crippen LogP contribution in [-0.2, 0) is 10.0 Å². The van der Waals surface area contributed by atoms with Gasteiger partial charge in [-0.2, -0.15) is 0 Å². The molecule has 0 bridgehead atoms. The maximum absolute atomic E-state index is 10.3. The van der Waals surface area contributed by atoms with Gasteiger partial charge in [-0.3, -0.25) is 0 Å². The minimum Gasteiger partial charge on any atom is -0.229 e. The molecular formula is C4H10ClNO2S. The summed E-state index contributed by atoms with van der Waals surface area (Å²) in [6.45, 7) is 0. The highest BCUT2D eigenvalue weighted by Gasteiger charge is 2.25. The van der Waals surface area contributed by atoms with Gasteiger partial charge in [-0.15, -0.1) is 12.4 Å². The maximum atomic E-state index is 10.3.